The molecule has 0 bridgehead atoms. The van der Waals surface area contributed by atoms with Crippen LogP contribution in [0.25, 0.3) is 16.9 Å². The Labute approximate surface area is 126 Å². The van der Waals surface area contributed by atoms with Crippen molar-refractivity contribution in [3.05, 3.63) is 36.4 Å². The van der Waals surface area contributed by atoms with Gasteiger partial charge in [-0.05, 0) is 24.3 Å². The number of benzene rings is 1. The first-order chi connectivity index (χ1) is 10.3. The van der Waals surface area contributed by atoms with Crippen LogP contribution in [-0.2, 0) is 5.88 Å². The molecule has 0 aliphatic heterocycles. The van der Waals surface area contributed by atoms with Gasteiger partial charge in [-0.3, -0.25) is 4.57 Å². The van der Waals surface area contributed by atoms with Gasteiger partial charge in [-0.15, -0.1) is 11.6 Å². The highest BCUT2D eigenvalue weighted by Gasteiger charge is 2.17. The highest BCUT2D eigenvalue weighted by molar-refractivity contribution is 6.17. The van der Waals surface area contributed by atoms with Gasteiger partial charge in [-0.1, -0.05) is 0 Å². The van der Waals surface area contributed by atoms with Crippen molar-refractivity contribution >= 4 is 22.8 Å². The Bertz CT molecular complexity index is 770. The van der Waals surface area contributed by atoms with Crippen LogP contribution in [-0.4, -0.2) is 33.7 Å². The van der Waals surface area contributed by atoms with Crippen molar-refractivity contribution in [2.75, 3.05) is 14.2 Å². The lowest BCUT2D eigenvalue weighted by Gasteiger charge is -2.08. The number of fused-ring (bicyclic) bond motifs is 1. The Balaban J connectivity index is 2.24. The van der Waals surface area contributed by atoms with E-state index in [0.717, 1.165) is 11.4 Å². The zero-order valence-electron chi connectivity index (χ0n) is 11.6. The second-order valence-corrected chi connectivity index (χ2v) is 4.52. The Kier molecular flexibility index (Phi) is 3.62. The monoisotopic (exact) mass is 304 g/mol. The highest BCUT2D eigenvalue weighted by Crippen LogP contribution is 2.26. The molecule has 0 saturated heterocycles. The Hall–Kier alpha value is -2.34. The van der Waals surface area contributed by atoms with Crippen LogP contribution in [0.5, 0.6) is 11.6 Å². The average Bonchev–Trinajstić information content (AvgIpc) is 2.93. The minimum atomic E-state index is 0.255. The van der Waals surface area contributed by atoms with E-state index in [1.807, 2.05) is 28.8 Å². The van der Waals surface area contributed by atoms with Crippen molar-refractivity contribution in [2.24, 2.45) is 0 Å². The number of rotatable bonds is 4. The number of hydrogen-bond acceptors (Lipinski definition) is 5. The number of alkyl halides is 1. The molecule has 2 heterocycles. The van der Waals surface area contributed by atoms with Gasteiger partial charge in [-0.2, -0.15) is 4.98 Å². The topological polar surface area (TPSA) is 62.1 Å². The third-order valence-corrected chi connectivity index (χ3v) is 3.36. The van der Waals surface area contributed by atoms with Gasteiger partial charge in [0.15, 0.2) is 11.2 Å². The maximum absolute atomic E-state index is 6.01. The maximum atomic E-state index is 6.01. The summed E-state index contributed by atoms with van der Waals surface area (Å²) in [5.41, 5.74) is 2.14. The van der Waals surface area contributed by atoms with Crippen molar-refractivity contribution < 1.29 is 9.47 Å². The van der Waals surface area contributed by atoms with Gasteiger partial charge < -0.3 is 9.47 Å². The van der Waals surface area contributed by atoms with Crippen molar-refractivity contribution in [1.82, 2.24) is 19.5 Å². The Morgan fingerprint density at radius 3 is 2.48 bits per heavy atom. The largest absolute Gasteiger partial charge is 0.497 e. The molecular formula is C14H13ClN4O2. The first kappa shape index (κ1) is 13.6. The van der Waals surface area contributed by atoms with E-state index in [1.165, 1.54) is 6.33 Å². The first-order valence-corrected chi connectivity index (χ1v) is 6.78. The molecule has 0 N–H and O–H groups in total. The van der Waals surface area contributed by atoms with E-state index in [0.29, 0.717) is 22.9 Å². The third kappa shape index (κ3) is 2.27. The standard InChI is InChI=1S/C14H13ClN4O2/c1-20-10-5-3-9(4-6-10)19-11(7-15)18-12-13(19)16-8-17-14(12)21-2/h3-6,8H,7H2,1-2H3. The van der Waals surface area contributed by atoms with Crippen LogP contribution < -0.4 is 9.47 Å². The van der Waals surface area contributed by atoms with E-state index >= 15 is 0 Å². The van der Waals surface area contributed by atoms with Crippen LogP contribution >= 0.6 is 11.6 Å². The molecule has 7 heteroatoms. The summed E-state index contributed by atoms with van der Waals surface area (Å²) in [4.78, 5) is 12.8. The molecule has 0 saturated carbocycles. The summed E-state index contributed by atoms with van der Waals surface area (Å²) in [6, 6.07) is 7.59. The molecule has 0 fully saturated rings. The number of aromatic nitrogens is 4. The molecule has 0 unspecified atom stereocenters. The second-order valence-electron chi connectivity index (χ2n) is 4.25. The van der Waals surface area contributed by atoms with Gasteiger partial charge >= 0.3 is 0 Å². The third-order valence-electron chi connectivity index (χ3n) is 3.12. The molecule has 0 aliphatic carbocycles. The number of nitrogens with zero attached hydrogens (tertiary/aromatic N) is 4. The molecule has 0 radical (unpaired) electrons. The van der Waals surface area contributed by atoms with Gasteiger partial charge in [-0.25, -0.2) is 9.97 Å². The van der Waals surface area contributed by atoms with Crippen molar-refractivity contribution in [2.45, 2.75) is 5.88 Å². The summed E-state index contributed by atoms with van der Waals surface area (Å²) < 4.78 is 12.3. The Morgan fingerprint density at radius 2 is 1.86 bits per heavy atom. The molecule has 3 aromatic rings. The minimum Gasteiger partial charge on any atom is -0.497 e. The fraction of sp³-hybridized carbons (Fsp3) is 0.214. The lowest BCUT2D eigenvalue weighted by Crippen LogP contribution is -2.00. The van der Waals surface area contributed by atoms with Gasteiger partial charge in [0, 0.05) is 5.69 Å². The van der Waals surface area contributed by atoms with Gasteiger partial charge in [0.25, 0.3) is 0 Å². The van der Waals surface area contributed by atoms with E-state index in [-0.39, 0.29) is 5.88 Å². The molecule has 0 aliphatic rings. The lowest BCUT2D eigenvalue weighted by molar-refractivity contribution is 0.401. The highest BCUT2D eigenvalue weighted by atomic mass is 35.5. The number of imidazole rings is 1. The van der Waals surface area contributed by atoms with Crippen molar-refractivity contribution in [1.29, 1.82) is 0 Å². The summed E-state index contributed by atoms with van der Waals surface area (Å²) in [6.45, 7) is 0. The SMILES string of the molecule is COc1ccc(-n2c(CCl)nc3c(OC)ncnc32)cc1. The molecule has 3 rings (SSSR count). The second kappa shape index (κ2) is 5.57. The van der Waals surface area contributed by atoms with E-state index in [2.05, 4.69) is 15.0 Å². The zero-order valence-corrected chi connectivity index (χ0v) is 12.3. The fourth-order valence-corrected chi connectivity index (χ4v) is 2.34. The zero-order chi connectivity index (χ0) is 14.8. The predicted octanol–water partition coefficient (Wildman–Crippen LogP) is 2.57. The molecule has 1 aromatic carbocycles. The minimum absolute atomic E-state index is 0.255. The quantitative estimate of drug-likeness (QED) is 0.693. The van der Waals surface area contributed by atoms with Crippen molar-refractivity contribution in [3.8, 4) is 17.3 Å². The van der Waals surface area contributed by atoms with Crippen LogP contribution in [0.1, 0.15) is 5.82 Å². The summed E-state index contributed by atoms with van der Waals surface area (Å²) in [5, 5.41) is 0. The van der Waals surface area contributed by atoms with Crippen LogP contribution in [0.15, 0.2) is 30.6 Å². The summed E-state index contributed by atoms with van der Waals surface area (Å²) in [5.74, 6) is 2.14. The molecule has 108 valence electrons. The molecule has 0 atom stereocenters. The van der Waals surface area contributed by atoms with E-state index in [9.17, 15) is 0 Å². The fourth-order valence-electron chi connectivity index (χ4n) is 2.16. The van der Waals surface area contributed by atoms with E-state index in [4.69, 9.17) is 21.1 Å². The molecular weight excluding hydrogens is 292 g/mol. The maximum Gasteiger partial charge on any atom is 0.245 e. The summed E-state index contributed by atoms with van der Waals surface area (Å²) >= 11 is 6.01. The average molecular weight is 305 g/mol. The van der Waals surface area contributed by atoms with Crippen LogP contribution in [0, 0.1) is 0 Å². The molecule has 21 heavy (non-hydrogen) atoms. The molecule has 0 amide bonds. The van der Waals surface area contributed by atoms with Crippen LogP contribution in [0.4, 0.5) is 0 Å². The summed E-state index contributed by atoms with van der Waals surface area (Å²) in [7, 11) is 3.18. The molecule has 6 nitrogen and oxygen atoms in total. The smallest absolute Gasteiger partial charge is 0.245 e. The summed E-state index contributed by atoms with van der Waals surface area (Å²) in [6.07, 6.45) is 1.45. The number of halogens is 1. The predicted molar refractivity (Wildman–Crippen MR) is 79.3 cm³/mol. The van der Waals surface area contributed by atoms with Gasteiger partial charge in [0.2, 0.25) is 5.88 Å². The number of hydrogen-bond donors (Lipinski definition) is 0. The normalized spacial score (nSPS) is 10.8. The number of methoxy groups -OCH3 is 2. The lowest BCUT2D eigenvalue weighted by atomic mass is 10.3. The van der Waals surface area contributed by atoms with Gasteiger partial charge in [0.05, 0.1) is 20.1 Å². The first-order valence-electron chi connectivity index (χ1n) is 6.25. The van der Waals surface area contributed by atoms with Crippen LogP contribution in [0.2, 0.25) is 0 Å². The van der Waals surface area contributed by atoms with Gasteiger partial charge in [0.1, 0.15) is 17.9 Å². The van der Waals surface area contributed by atoms with Crippen LogP contribution in [0.3, 0.4) is 0 Å². The molecule has 2 aromatic heterocycles. The number of ether oxygens (including phenoxy) is 2. The van der Waals surface area contributed by atoms with E-state index < -0.39 is 0 Å². The van der Waals surface area contributed by atoms with E-state index in [1.54, 1.807) is 14.2 Å². The van der Waals surface area contributed by atoms with Crippen molar-refractivity contribution in [3.63, 3.8) is 0 Å². The molecule has 0 spiro atoms. The Morgan fingerprint density at radius 1 is 1.10 bits per heavy atom.